The summed E-state index contributed by atoms with van der Waals surface area (Å²) in [5.41, 5.74) is 7.52. The average molecular weight is 250 g/mol. The average Bonchev–Trinajstić information content (AvgIpc) is 2.68. The highest BCUT2D eigenvalue weighted by Crippen LogP contribution is 2.34. The van der Waals surface area contributed by atoms with E-state index < -0.39 is 0 Å². The summed E-state index contributed by atoms with van der Waals surface area (Å²) in [7, 11) is 0. The summed E-state index contributed by atoms with van der Waals surface area (Å²) < 4.78 is 0. The molecule has 1 heterocycles. The Bertz CT molecular complexity index is 432. The second-order valence-electron chi connectivity index (χ2n) is 5.66. The van der Waals surface area contributed by atoms with Crippen LogP contribution in [0.1, 0.15) is 55.2 Å². The molecular weight excluding hydrogens is 228 g/mol. The number of amides is 1. The normalized spacial score (nSPS) is 18.6. The number of aromatic amines is 1. The fraction of sp³-hybridized carbons (Fsp3) is 0.692. The van der Waals surface area contributed by atoms with E-state index in [4.69, 9.17) is 5.73 Å². The number of aryl methyl sites for hydroxylation is 1. The molecule has 5 heteroatoms. The van der Waals surface area contributed by atoms with Crippen LogP contribution >= 0.6 is 0 Å². The zero-order chi connectivity index (χ0) is 13.2. The number of H-pyrrole nitrogens is 1. The SMILES string of the molecule is Cc1[nH]nc(C(=O)NCC2(C)CCCCC2)c1N. The summed E-state index contributed by atoms with van der Waals surface area (Å²) in [5, 5.41) is 9.63. The van der Waals surface area contributed by atoms with Gasteiger partial charge in [-0.3, -0.25) is 9.89 Å². The number of nitrogens with two attached hydrogens (primary N) is 1. The van der Waals surface area contributed by atoms with Gasteiger partial charge in [0.25, 0.3) is 5.91 Å². The monoisotopic (exact) mass is 250 g/mol. The minimum absolute atomic E-state index is 0.177. The fourth-order valence-electron chi connectivity index (χ4n) is 2.57. The Morgan fingerprint density at radius 1 is 1.44 bits per heavy atom. The van der Waals surface area contributed by atoms with Gasteiger partial charge in [-0.15, -0.1) is 0 Å². The van der Waals surface area contributed by atoms with Crippen LogP contribution in [0.3, 0.4) is 0 Å². The van der Waals surface area contributed by atoms with Gasteiger partial charge in [-0.25, -0.2) is 0 Å². The summed E-state index contributed by atoms with van der Waals surface area (Å²) in [6.45, 7) is 4.75. The first-order valence-electron chi connectivity index (χ1n) is 6.60. The van der Waals surface area contributed by atoms with Crippen molar-refractivity contribution in [1.29, 1.82) is 0 Å². The van der Waals surface area contributed by atoms with Gasteiger partial charge >= 0.3 is 0 Å². The van der Waals surface area contributed by atoms with Crippen molar-refractivity contribution >= 4 is 11.6 Å². The van der Waals surface area contributed by atoms with Gasteiger partial charge in [-0.05, 0) is 25.2 Å². The second-order valence-corrected chi connectivity index (χ2v) is 5.66. The Hall–Kier alpha value is -1.52. The quantitative estimate of drug-likeness (QED) is 0.767. The van der Waals surface area contributed by atoms with E-state index in [0.717, 1.165) is 5.69 Å². The van der Waals surface area contributed by atoms with Crippen molar-refractivity contribution in [2.75, 3.05) is 12.3 Å². The largest absolute Gasteiger partial charge is 0.395 e. The first kappa shape index (κ1) is 12.9. The molecule has 1 amide bonds. The lowest BCUT2D eigenvalue weighted by molar-refractivity contribution is 0.0915. The van der Waals surface area contributed by atoms with Crippen molar-refractivity contribution in [2.24, 2.45) is 5.41 Å². The van der Waals surface area contributed by atoms with Crippen molar-refractivity contribution in [3.05, 3.63) is 11.4 Å². The predicted octanol–water partition coefficient (Wildman–Crippen LogP) is 2.00. The molecule has 1 fully saturated rings. The Labute approximate surface area is 108 Å². The van der Waals surface area contributed by atoms with Gasteiger partial charge in [0, 0.05) is 6.54 Å². The van der Waals surface area contributed by atoms with Crippen molar-refractivity contribution in [1.82, 2.24) is 15.5 Å². The molecular formula is C13H22N4O. The van der Waals surface area contributed by atoms with E-state index in [9.17, 15) is 4.79 Å². The molecule has 0 saturated heterocycles. The molecule has 18 heavy (non-hydrogen) atoms. The second kappa shape index (κ2) is 5.00. The van der Waals surface area contributed by atoms with Crippen LogP contribution in [0.2, 0.25) is 0 Å². The Balaban J connectivity index is 1.94. The molecule has 0 bridgehead atoms. The van der Waals surface area contributed by atoms with Crippen LogP contribution in [0.25, 0.3) is 0 Å². The number of nitrogens with one attached hydrogen (secondary N) is 2. The maximum atomic E-state index is 12.0. The van der Waals surface area contributed by atoms with Gasteiger partial charge in [-0.2, -0.15) is 5.10 Å². The number of rotatable bonds is 3. The molecule has 1 aromatic rings. The molecule has 100 valence electrons. The molecule has 0 atom stereocenters. The third-order valence-electron chi connectivity index (χ3n) is 3.95. The lowest BCUT2D eigenvalue weighted by atomic mass is 9.76. The summed E-state index contributed by atoms with van der Waals surface area (Å²) in [4.78, 5) is 12.0. The van der Waals surface area contributed by atoms with Crippen LogP contribution < -0.4 is 11.1 Å². The van der Waals surface area contributed by atoms with Crippen molar-refractivity contribution in [3.63, 3.8) is 0 Å². The number of nitrogen functional groups attached to an aromatic ring is 1. The van der Waals surface area contributed by atoms with Crippen LogP contribution in [0, 0.1) is 12.3 Å². The van der Waals surface area contributed by atoms with Crippen LogP contribution in [-0.4, -0.2) is 22.6 Å². The summed E-state index contributed by atoms with van der Waals surface area (Å²) in [6, 6.07) is 0. The lowest BCUT2D eigenvalue weighted by Gasteiger charge is -2.33. The highest BCUT2D eigenvalue weighted by Gasteiger charge is 2.27. The van der Waals surface area contributed by atoms with E-state index in [1.165, 1.54) is 32.1 Å². The first-order valence-corrected chi connectivity index (χ1v) is 6.60. The van der Waals surface area contributed by atoms with Crippen LogP contribution in [0.4, 0.5) is 5.69 Å². The topological polar surface area (TPSA) is 83.8 Å². The van der Waals surface area contributed by atoms with Crippen LogP contribution in [0.15, 0.2) is 0 Å². The summed E-state index contributed by atoms with van der Waals surface area (Å²) >= 11 is 0. The van der Waals surface area contributed by atoms with Crippen molar-refractivity contribution in [2.45, 2.75) is 46.0 Å². The molecule has 1 saturated carbocycles. The van der Waals surface area contributed by atoms with Crippen LogP contribution in [0.5, 0.6) is 0 Å². The summed E-state index contributed by atoms with van der Waals surface area (Å²) in [5.74, 6) is -0.177. The zero-order valence-corrected chi connectivity index (χ0v) is 11.2. The molecule has 0 aromatic carbocycles. The molecule has 5 nitrogen and oxygen atoms in total. The minimum atomic E-state index is -0.177. The third kappa shape index (κ3) is 2.66. The Kier molecular flexibility index (Phi) is 3.59. The number of nitrogens with zero attached hydrogens (tertiary/aromatic N) is 1. The summed E-state index contributed by atoms with van der Waals surface area (Å²) in [6.07, 6.45) is 6.20. The molecule has 0 unspecified atom stereocenters. The van der Waals surface area contributed by atoms with Gasteiger partial charge in [-0.1, -0.05) is 26.2 Å². The van der Waals surface area contributed by atoms with E-state index in [-0.39, 0.29) is 11.3 Å². The third-order valence-corrected chi connectivity index (χ3v) is 3.95. The van der Waals surface area contributed by atoms with Crippen molar-refractivity contribution < 1.29 is 4.79 Å². The highest BCUT2D eigenvalue weighted by molar-refractivity contribution is 5.97. The lowest BCUT2D eigenvalue weighted by Crippen LogP contribution is -2.37. The van der Waals surface area contributed by atoms with Crippen LogP contribution in [-0.2, 0) is 0 Å². The zero-order valence-electron chi connectivity index (χ0n) is 11.2. The molecule has 0 spiro atoms. The van der Waals surface area contributed by atoms with Gasteiger partial charge < -0.3 is 11.1 Å². The number of hydrogen-bond acceptors (Lipinski definition) is 3. The smallest absolute Gasteiger partial charge is 0.273 e. The fourth-order valence-corrected chi connectivity index (χ4v) is 2.57. The highest BCUT2D eigenvalue weighted by atomic mass is 16.1. The maximum absolute atomic E-state index is 12.0. The molecule has 1 aromatic heterocycles. The number of carbonyl (C=O) groups is 1. The van der Waals surface area contributed by atoms with E-state index in [0.29, 0.717) is 17.9 Å². The Morgan fingerprint density at radius 2 is 2.11 bits per heavy atom. The molecule has 4 N–H and O–H groups in total. The minimum Gasteiger partial charge on any atom is -0.395 e. The number of hydrogen-bond donors (Lipinski definition) is 3. The van der Waals surface area contributed by atoms with Gasteiger partial charge in [0.05, 0.1) is 11.4 Å². The number of aromatic nitrogens is 2. The van der Waals surface area contributed by atoms with E-state index >= 15 is 0 Å². The molecule has 0 radical (unpaired) electrons. The van der Waals surface area contributed by atoms with E-state index in [1.54, 1.807) is 0 Å². The standard InChI is InChI=1S/C13H22N4O/c1-9-10(14)11(17-16-9)12(18)15-8-13(2)6-4-3-5-7-13/h3-8,14H2,1-2H3,(H,15,18)(H,16,17). The molecule has 2 rings (SSSR count). The molecule has 1 aliphatic carbocycles. The molecule has 1 aliphatic rings. The predicted molar refractivity (Wildman–Crippen MR) is 71.3 cm³/mol. The number of carbonyl (C=O) groups excluding carboxylic acids is 1. The maximum Gasteiger partial charge on any atom is 0.273 e. The van der Waals surface area contributed by atoms with Crippen molar-refractivity contribution in [3.8, 4) is 0 Å². The van der Waals surface area contributed by atoms with Gasteiger partial charge in [0.1, 0.15) is 0 Å². The van der Waals surface area contributed by atoms with E-state index in [2.05, 4.69) is 22.4 Å². The van der Waals surface area contributed by atoms with E-state index in [1.807, 2.05) is 6.92 Å². The Morgan fingerprint density at radius 3 is 2.67 bits per heavy atom. The number of anilines is 1. The van der Waals surface area contributed by atoms with Gasteiger partial charge in [0.15, 0.2) is 5.69 Å². The first-order chi connectivity index (χ1) is 8.52. The molecule has 0 aliphatic heterocycles. The van der Waals surface area contributed by atoms with Gasteiger partial charge in [0.2, 0.25) is 0 Å².